The molecule has 10 heteroatoms. The highest BCUT2D eigenvalue weighted by Gasteiger charge is 2.26. The van der Waals surface area contributed by atoms with Crippen LogP contribution in [-0.4, -0.2) is 64.8 Å². The van der Waals surface area contributed by atoms with Gasteiger partial charge in [-0.25, -0.2) is 15.0 Å². The minimum absolute atomic E-state index is 0.167. The van der Waals surface area contributed by atoms with Crippen molar-refractivity contribution >= 4 is 28.3 Å². The molecule has 0 saturated carbocycles. The van der Waals surface area contributed by atoms with Crippen LogP contribution in [0.5, 0.6) is 0 Å². The number of anilines is 1. The molecule has 1 aliphatic heterocycles. The molecule has 2 aliphatic rings. The van der Waals surface area contributed by atoms with Gasteiger partial charge in [-0.05, 0) is 30.2 Å². The third kappa shape index (κ3) is 4.34. The van der Waals surface area contributed by atoms with Gasteiger partial charge in [0.25, 0.3) is 0 Å². The van der Waals surface area contributed by atoms with Crippen molar-refractivity contribution in [2.75, 3.05) is 38.3 Å². The van der Waals surface area contributed by atoms with Gasteiger partial charge in [0.05, 0.1) is 29.9 Å². The second-order valence-electron chi connectivity index (χ2n) is 9.10. The molecular formula is C27H27N7O3. The summed E-state index contributed by atoms with van der Waals surface area (Å²) < 4.78 is 11.4. The van der Waals surface area contributed by atoms with Crippen LogP contribution >= 0.6 is 0 Å². The number of carbonyl (C=O) groups is 1. The van der Waals surface area contributed by atoms with Crippen molar-refractivity contribution in [1.82, 2.24) is 19.9 Å². The molecule has 3 N–H and O–H groups in total. The summed E-state index contributed by atoms with van der Waals surface area (Å²) in [5.41, 5.74) is 5.38. The Morgan fingerprint density at radius 1 is 1.11 bits per heavy atom. The maximum atomic E-state index is 12.1. The molecule has 2 aromatic heterocycles. The average molecular weight is 498 g/mol. The Kier molecular flexibility index (Phi) is 6.11. The first kappa shape index (κ1) is 23.3. The van der Waals surface area contributed by atoms with Crippen LogP contribution < -0.4 is 10.7 Å². The third-order valence-corrected chi connectivity index (χ3v) is 6.86. The number of hydrogen-bond donors (Lipinski definition) is 2. The number of morpholine rings is 1. The molecule has 0 spiro atoms. The van der Waals surface area contributed by atoms with Crippen LogP contribution in [0.15, 0.2) is 53.6 Å². The second-order valence-corrected chi connectivity index (χ2v) is 9.10. The Bertz CT molecular complexity index is 1470. The maximum absolute atomic E-state index is 12.1. The van der Waals surface area contributed by atoms with E-state index in [9.17, 15) is 4.79 Å². The zero-order chi connectivity index (χ0) is 25.4. The van der Waals surface area contributed by atoms with Gasteiger partial charge in [0.15, 0.2) is 17.7 Å². The van der Waals surface area contributed by atoms with Gasteiger partial charge < -0.3 is 25.2 Å². The van der Waals surface area contributed by atoms with E-state index in [4.69, 9.17) is 30.3 Å². The number of imidazole rings is 1. The topological polar surface area (TPSA) is 132 Å². The number of carbonyl (C=O) groups excluding carboxylic acids is 1. The fraction of sp³-hybridized carbons (Fsp3) is 0.296. The minimum atomic E-state index is -0.635. The van der Waals surface area contributed by atoms with Gasteiger partial charge in [-0.1, -0.05) is 24.3 Å². The average Bonchev–Trinajstić information content (AvgIpc) is 3.53. The number of benzene rings is 2. The number of rotatable bonds is 6. The van der Waals surface area contributed by atoms with E-state index in [1.54, 1.807) is 7.11 Å². The molecule has 37 heavy (non-hydrogen) atoms. The number of nitrogens with zero attached hydrogens (tertiary/aromatic N) is 5. The first-order valence-corrected chi connectivity index (χ1v) is 12.3. The van der Waals surface area contributed by atoms with Crippen molar-refractivity contribution in [2.24, 2.45) is 10.9 Å². The molecule has 1 unspecified atom stereocenters. The van der Waals surface area contributed by atoms with Gasteiger partial charge in [0.2, 0.25) is 0 Å². The van der Waals surface area contributed by atoms with E-state index in [0.717, 1.165) is 33.5 Å². The number of para-hydroxylation sites is 2. The lowest BCUT2D eigenvalue weighted by Crippen LogP contribution is -2.37. The van der Waals surface area contributed by atoms with E-state index < -0.39 is 6.10 Å². The van der Waals surface area contributed by atoms with Crippen molar-refractivity contribution < 1.29 is 14.3 Å². The largest absolute Gasteiger partial charge is 0.378 e. The third-order valence-electron chi connectivity index (χ3n) is 6.86. The fourth-order valence-electron chi connectivity index (χ4n) is 4.97. The molecule has 10 nitrogen and oxygen atoms in total. The number of ether oxygens (including phenoxy) is 2. The summed E-state index contributed by atoms with van der Waals surface area (Å²) in [7, 11) is 1.61. The van der Waals surface area contributed by atoms with E-state index >= 15 is 0 Å². The summed E-state index contributed by atoms with van der Waals surface area (Å²) in [6.07, 6.45) is 0.606. The van der Waals surface area contributed by atoms with Crippen molar-refractivity contribution in [3.63, 3.8) is 0 Å². The highest BCUT2D eigenvalue weighted by atomic mass is 16.5. The minimum Gasteiger partial charge on any atom is -0.378 e. The van der Waals surface area contributed by atoms with Gasteiger partial charge in [-0.2, -0.15) is 5.10 Å². The lowest BCUT2D eigenvalue weighted by Gasteiger charge is -2.28. The molecule has 188 valence electrons. The highest BCUT2D eigenvalue weighted by Crippen LogP contribution is 2.28. The number of ketones is 1. The van der Waals surface area contributed by atoms with Crippen LogP contribution in [0.3, 0.4) is 0 Å². The summed E-state index contributed by atoms with van der Waals surface area (Å²) in [4.78, 5) is 32.1. The van der Waals surface area contributed by atoms with E-state index in [1.807, 2.05) is 48.5 Å². The normalized spacial score (nSPS) is 16.8. The summed E-state index contributed by atoms with van der Waals surface area (Å²) in [5, 5.41) is 4.13. The van der Waals surface area contributed by atoms with Gasteiger partial charge in [-0.3, -0.25) is 4.79 Å². The Balaban J connectivity index is 1.46. The molecule has 1 saturated heterocycles. The monoisotopic (exact) mass is 497 g/mol. The second kappa shape index (κ2) is 9.72. The number of hydrazone groups is 1. The smallest absolute Gasteiger partial charge is 0.174 e. The quantitative estimate of drug-likeness (QED) is 0.236. The predicted molar refractivity (Wildman–Crippen MR) is 139 cm³/mol. The molecule has 6 rings (SSSR count). The first-order valence-electron chi connectivity index (χ1n) is 12.3. The number of hydrogen-bond acceptors (Lipinski definition) is 9. The molecular weight excluding hydrogens is 470 g/mol. The number of nitrogens with one attached hydrogen (secondary N) is 1. The molecule has 0 amide bonds. The van der Waals surface area contributed by atoms with Crippen LogP contribution in [0.4, 0.5) is 5.82 Å². The zero-order valence-corrected chi connectivity index (χ0v) is 20.5. The number of fused-ring (bicyclic) bond motifs is 2. The van der Waals surface area contributed by atoms with Crippen LogP contribution in [0.25, 0.3) is 11.0 Å². The standard InChI is InChI=1S/C27H27N7O3/c1-36-25(26-29-19-4-2-3-5-20(19)30-26)27-31-21(15-23(32-27)34-10-12-37-13-11-34)24(33-28)17-6-8-18-16(14-17)7-9-22(18)35/h2-6,8,14-15,25H,7,9-13,28H2,1H3,(H,29,30)/b33-24+. The fourth-order valence-corrected chi connectivity index (χ4v) is 4.97. The number of Topliss-reactive ketones (excluding diaryl/α,β-unsaturated/α-hetero) is 1. The number of aryl methyl sites for hydroxylation is 1. The van der Waals surface area contributed by atoms with Gasteiger partial charge >= 0.3 is 0 Å². The Hall–Kier alpha value is -4.15. The Morgan fingerprint density at radius 2 is 1.95 bits per heavy atom. The Labute approximate surface area is 213 Å². The van der Waals surface area contributed by atoms with E-state index in [0.29, 0.717) is 62.2 Å². The van der Waals surface area contributed by atoms with E-state index in [-0.39, 0.29) is 5.78 Å². The molecule has 3 heterocycles. The number of aromatic nitrogens is 4. The Morgan fingerprint density at radius 3 is 2.73 bits per heavy atom. The summed E-state index contributed by atoms with van der Waals surface area (Å²) >= 11 is 0. The van der Waals surface area contributed by atoms with Crippen LogP contribution in [0.1, 0.15) is 51.4 Å². The van der Waals surface area contributed by atoms with Crippen LogP contribution in [0.2, 0.25) is 0 Å². The SMILES string of the molecule is COC(c1nc(/C(=N/N)c2ccc3c(c2)CCC3=O)cc(N2CCOCC2)n1)c1nc2ccccc2[nH]1. The van der Waals surface area contributed by atoms with Gasteiger partial charge in [0.1, 0.15) is 17.4 Å². The zero-order valence-electron chi connectivity index (χ0n) is 20.5. The lowest BCUT2D eigenvalue weighted by molar-refractivity contribution is 0.0994. The number of H-pyrrole nitrogens is 1. The first-order chi connectivity index (χ1) is 18.1. The summed E-state index contributed by atoms with van der Waals surface area (Å²) in [6.45, 7) is 2.63. The van der Waals surface area contributed by atoms with Gasteiger partial charge in [0, 0.05) is 43.8 Å². The van der Waals surface area contributed by atoms with Gasteiger partial charge in [-0.15, -0.1) is 0 Å². The molecule has 1 fully saturated rings. The van der Waals surface area contributed by atoms with Crippen LogP contribution in [-0.2, 0) is 15.9 Å². The number of nitrogens with two attached hydrogens (primary N) is 1. The molecule has 0 bridgehead atoms. The summed E-state index contributed by atoms with van der Waals surface area (Å²) in [5.74, 6) is 7.89. The van der Waals surface area contributed by atoms with E-state index in [1.165, 1.54) is 0 Å². The van der Waals surface area contributed by atoms with E-state index in [2.05, 4.69) is 15.0 Å². The molecule has 1 aliphatic carbocycles. The van der Waals surface area contributed by atoms with Crippen LogP contribution in [0, 0.1) is 0 Å². The highest BCUT2D eigenvalue weighted by molar-refractivity contribution is 6.13. The van der Waals surface area contributed by atoms with Crippen molar-refractivity contribution in [1.29, 1.82) is 0 Å². The maximum Gasteiger partial charge on any atom is 0.174 e. The molecule has 2 aromatic carbocycles. The lowest BCUT2D eigenvalue weighted by atomic mass is 10.0. The predicted octanol–water partition coefficient (Wildman–Crippen LogP) is 2.77. The summed E-state index contributed by atoms with van der Waals surface area (Å²) in [6, 6.07) is 15.4. The molecule has 0 radical (unpaired) electrons. The molecule has 1 atom stereocenters. The number of aromatic amines is 1. The van der Waals surface area contributed by atoms with Crippen molar-refractivity contribution in [3.05, 3.63) is 82.6 Å². The number of methoxy groups -OCH3 is 1. The van der Waals surface area contributed by atoms with Crippen molar-refractivity contribution in [2.45, 2.75) is 18.9 Å². The molecule has 4 aromatic rings. The van der Waals surface area contributed by atoms with Crippen molar-refractivity contribution in [3.8, 4) is 0 Å².